The summed E-state index contributed by atoms with van der Waals surface area (Å²) in [7, 11) is 0. The van der Waals surface area contributed by atoms with Gasteiger partial charge in [-0.15, -0.1) is 0 Å². The van der Waals surface area contributed by atoms with Crippen LogP contribution in [0.3, 0.4) is 0 Å². The number of nitrogens with zero attached hydrogens (tertiary/aromatic N) is 3. The van der Waals surface area contributed by atoms with E-state index in [1.807, 2.05) is 27.7 Å². The van der Waals surface area contributed by atoms with Crippen LogP contribution in [-0.4, -0.2) is 52.1 Å². The van der Waals surface area contributed by atoms with Crippen LogP contribution in [0.5, 0.6) is 0 Å². The average Bonchev–Trinajstić information content (AvgIpc) is 2.37. The molecule has 0 aliphatic carbocycles. The molecule has 0 bridgehead atoms. The lowest BCUT2D eigenvalue weighted by Crippen LogP contribution is -2.53. The fourth-order valence-corrected chi connectivity index (χ4v) is 2.48. The highest BCUT2D eigenvalue weighted by atomic mass is 16.5. The second-order valence-corrected chi connectivity index (χ2v) is 5.69. The van der Waals surface area contributed by atoms with Crippen LogP contribution >= 0.6 is 0 Å². The van der Waals surface area contributed by atoms with Crippen molar-refractivity contribution < 1.29 is 9.53 Å². The standard InChI is InChI=1S/C14H22N4O2/c1-5-15-12-7-16-11(6-17-12)13(19)18-8-10(2)20-14(3,4)9-18/h6-7,10H,5,8-9H2,1-4H3,(H,15,17). The molecule has 0 spiro atoms. The van der Waals surface area contributed by atoms with Crippen LogP contribution in [0.4, 0.5) is 5.82 Å². The monoisotopic (exact) mass is 278 g/mol. The van der Waals surface area contributed by atoms with Crippen LogP contribution in [0, 0.1) is 0 Å². The van der Waals surface area contributed by atoms with Gasteiger partial charge in [-0.05, 0) is 27.7 Å². The van der Waals surface area contributed by atoms with E-state index >= 15 is 0 Å². The Hall–Kier alpha value is -1.69. The van der Waals surface area contributed by atoms with Crippen LogP contribution in [0.1, 0.15) is 38.2 Å². The third kappa shape index (κ3) is 3.45. The van der Waals surface area contributed by atoms with Crippen molar-refractivity contribution >= 4 is 11.7 Å². The second kappa shape index (κ2) is 5.75. The summed E-state index contributed by atoms with van der Waals surface area (Å²) in [5.74, 6) is 0.587. The van der Waals surface area contributed by atoms with E-state index in [-0.39, 0.29) is 17.6 Å². The van der Waals surface area contributed by atoms with Gasteiger partial charge in [-0.2, -0.15) is 0 Å². The Morgan fingerprint density at radius 1 is 1.50 bits per heavy atom. The van der Waals surface area contributed by atoms with E-state index in [9.17, 15) is 4.79 Å². The predicted molar refractivity (Wildman–Crippen MR) is 76.7 cm³/mol. The van der Waals surface area contributed by atoms with Gasteiger partial charge in [0.15, 0.2) is 0 Å². The van der Waals surface area contributed by atoms with Crippen molar-refractivity contribution in [3.8, 4) is 0 Å². The van der Waals surface area contributed by atoms with Crippen molar-refractivity contribution in [2.75, 3.05) is 25.0 Å². The molecule has 6 heteroatoms. The maximum atomic E-state index is 12.4. The molecule has 1 amide bonds. The van der Waals surface area contributed by atoms with Crippen molar-refractivity contribution in [3.05, 3.63) is 18.1 Å². The molecule has 2 rings (SSSR count). The molecule has 6 nitrogen and oxygen atoms in total. The number of rotatable bonds is 3. The molecule has 1 N–H and O–H groups in total. The van der Waals surface area contributed by atoms with E-state index in [4.69, 9.17) is 4.74 Å². The molecule has 1 aromatic heterocycles. The number of hydrogen-bond acceptors (Lipinski definition) is 5. The molecule has 1 aromatic rings. The fraction of sp³-hybridized carbons (Fsp3) is 0.643. The van der Waals surface area contributed by atoms with E-state index in [1.54, 1.807) is 11.1 Å². The number of amides is 1. The van der Waals surface area contributed by atoms with Gasteiger partial charge in [-0.25, -0.2) is 9.97 Å². The van der Waals surface area contributed by atoms with Crippen molar-refractivity contribution in [3.63, 3.8) is 0 Å². The summed E-state index contributed by atoms with van der Waals surface area (Å²) in [6.07, 6.45) is 3.14. The molecule has 0 saturated carbocycles. The number of carbonyl (C=O) groups is 1. The van der Waals surface area contributed by atoms with Gasteiger partial charge in [-0.1, -0.05) is 0 Å². The van der Waals surface area contributed by atoms with Gasteiger partial charge in [0.05, 0.1) is 24.1 Å². The molecule has 1 unspecified atom stereocenters. The minimum absolute atomic E-state index is 0.0247. The normalized spacial score (nSPS) is 21.6. The Balaban J connectivity index is 2.10. The predicted octanol–water partition coefficient (Wildman–Crippen LogP) is 1.55. The van der Waals surface area contributed by atoms with Gasteiger partial charge in [0.1, 0.15) is 11.5 Å². The number of ether oxygens (including phenoxy) is 1. The molecule has 1 saturated heterocycles. The molecule has 110 valence electrons. The number of aromatic nitrogens is 2. The van der Waals surface area contributed by atoms with Crippen LogP contribution in [-0.2, 0) is 4.74 Å². The summed E-state index contributed by atoms with van der Waals surface area (Å²) in [6, 6.07) is 0. The first kappa shape index (κ1) is 14.7. The maximum absolute atomic E-state index is 12.4. The molecule has 1 aliphatic rings. The Morgan fingerprint density at radius 3 is 2.80 bits per heavy atom. The molecular formula is C14H22N4O2. The van der Waals surface area contributed by atoms with Gasteiger partial charge in [0, 0.05) is 19.6 Å². The minimum Gasteiger partial charge on any atom is -0.369 e. The lowest BCUT2D eigenvalue weighted by atomic mass is 10.1. The first-order chi connectivity index (χ1) is 9.41. The number of nitrogens with one attached hydrogen (secondary N) is 1. The van der Waals surface area contributed by atoms with E-state index in [0.717, 1.165) is 6.54 Å². The fourth-order valence-electron chi connectivity index (χ4n) is 2.48. The lowest BCUT2D eigenvalue weighted by molar-refractivity contribution is -0.118. The highest BCUT2D eigenvalue weighted by Crippen LogP contribution is 2.21. The third-order valence-corrected chi connectivity index (χ3v) is 3.09. The largest absolute Gasteiger partial charge is 0.369 e. The molecule has 0 radical (unpaired) electrons. The Kier molecular flexibility index (Phi) is 4.23. The lowest BCUT2D eigenvalue weighted by Gasteiger charge is -2.41. The maximum Gasteiger partial charge on any atom is 0.274 e. The highest BCUT2D eigenvalue weighted by molar-refractivity contribution is 5.92. The van der Waals surface area contributed by atoms with Gasteiger partial charge in [-0.3, -0.25) is 4.79 Å². The van der Waals surface area contributed by atoms with E-state index in [2.05, 4.69) is 15.3 Å². The van der Waals surface area contributed by atoms with E-state index < -0.39 is 0 Å². The SMILES string of the molecule is CCNc1cnc(C(=O)N2CC(C)OC(C)(C)C2)cn1. The van der Waals surface area contributed by atoms with Crippen molar-refractivity contribution in [1.29, 1.82) is 0 Å². The van der Waals surface area contributed by atoms with Crippen LogP contribution in [0.25, 0.3) is 0 Å². The minimum atomic E-state index is -0.329. The quantitative estimate of drug-likeness (QED) is 0.908. The molecular weight excluding hydrogens is 256 g/mol. The first-order valence-electron chi connectivity index (χ1n) is 6.94. The number of carbonyl (C=O) groups excluding carboxylic acids is 1. The van der Waals surface area contributed by atoms with E-state index in [0.29, 0.717) is 24.6 Å². The van der Waals surface area contributed by atoms with Crippen LogP contribution < -0.4 is 5.32 Å². The molecule has 1 aliphatic heterocycles. The average molecular weight is 278 g/mol. The number of hydrogen-bond donors (Lipinski definition) is 1. The molecule has 1 fully saturated rings. The van der Waals surface area contributed by atoms with Gasteiger partial charge in [0.2, 0.25) is 0 Å². The zero-order chi connectivity index (χ0) is 14.8. The van der Waals surface area contributed by atoms with Crippen LogP contribution in [0.15, 0.2) is 12.4 Å². The van der Waals surface area contributed by atoms with Gasteiger partial charge >= 0.3 is 0 Å². The smallest absolute Gasteiger partial charge is 0.274 e. The van der Waals surface area contributed by atoms with Crippen LogP contribution in [0.2, 0.25) is 0 Å². The Bertz CT molecular complexity index is 473. The number of anilines is 1. The first-order valence-corrected chi connectivity index (χ1v) is 6.94. The summed E-state index contributed by atoms with van der Waals surface area (Å²) in [5.41, 5.74) is 0.0429. The molecule has 0 aromatic carbocycles. The Morgan fingerprint density at radius 2 is 2.25 bits per heavy atom. The highest BCUT2D eigenvalue weighted by Gasteiger charge is 2.34. The second-order valence-electron chi connectivity index (χ2n) is 5.69. The third-order valence-electron chi connectivity index (χ3n) is 3.09. The summed E-state index contributed by atoms with van der Waals surface area (Å²) in [6.45, 7) is 9.85. The summed E-state index contributed by atoms with van der Waals surface area (Å²) >= 11 is 0. The van der Waals surface area contributed by atoms with Gasteiger partial charge in [0.25, 0.3) is 5.91 Å². The molecule has 1 atom stereocenters. The molecule has 2 heterocycles. The number of morpholine rings is 1. The summed E-state index contributed by atoms with van der Waals surface area (Å²) in [4.78, 5) is 22.6. The van der Waals surface area contributed by atoms with Crippen molar-refractivity contribution in [1.82, 2.24) is 14.9 Å². The van der Waals surface area contributed by atoms with Crippen molar-refractivity contribution in [2.45, 2.75) is 39.4 Å². The summed E-state index contributed by atoms with van der Waals surface area (Å²) < 4.78 is 5.80. The van der Waals surface area contributed by atoms with E-state index in [1.165, 1.54) is 6.20 Å². The van der Waals surface area contributed by atoms with Gasteiger partial charge < -0.3 is 15.0 Å². The van der Waals surface area contributed by atoms with Crippen molar-refractivity contribution in [2.24, 2.45) is 0 Å². The topological polar surface area (TPSA) is 67.4 Å². The Labute approximate surface area is 119 Å². The zero-order valence-corrected chi connectivity index (χ0v) is 12.5. The zero-order valence-electron chi connectivity index (χ0n) is 12.5. The molecule has 20 heavy (non-hydrogen) atoms. The summed E-state index contributed by atoms with van der Waals surface area (Å²) in [5, 5.41) is 3.05.